The molecule has 0 bridgehead atoms. The number of nitrogens with one attached hydrogen (secondary N) is 3. The van der Waals surface area contributed by atoms with Gasteiger partial charge in [0.2, 0.25) is 23.6 Å². The van der Waals surface area contributed by atoms with Crippen molar-refractivity contribution in [2.24, 2.45) is 23.1 Å². The molecule has 0 radical (unpaired) electrons. The van der Waals surface area contributed by atoms with Crippen LogP contribution < -0.4 is 33.2 Å². The van der Waals surface area contributed by atoms with Gasteiger partial charge in [0.15, 0.2) is 0 Å². The van der Waals surface area contributed by atoms with Crippen LogP contribution in [0.2, 0.25) is 0 Å². The standard InChI is InChI=1S/C26H42N6O7/c1-15(2)13-21(25(37)31-20(26(38)39)5-3-4-12-27)32-24(36)19(10-11-22(29)34)30-23(35)18(28)14-16-6-8-17(33)9-7-16/h6-9,15,18-21,33H,3-5,10-14,27-28H2,1-2H3,(H2,29,34)(H,30,35)(H,31,37)(H,32,36)(H,38,39). The average molecular weight is 551 g/mol. The van der Waals surface area contributed by atoms with Crippen LogP contribution >= 0.6 is 0 Å². The largest absolute Gasteiger partial charge is 0.508 e. The van der Waals surface area contributed by atoms with E-state index in [0.717, 1.165) is 0 Å². The molecular weight excluding hydrogens is 508 g/mol. The molecule has 0 spiro atoms. The molecule has 4 atom stereocenters. The van der Waals surface area contributed by atoms with Gasteiger partial charge < -0.3 is 43.4 Å². The number of nitrogens with two attached hydrogens (primary N) is 3. The van der Waals surface area contributed by atoms with E-state index in [1.165, 1.54) is 12.1 Å². The van der Waals surface area contributed by atoms with Crippen molar-refractivity contribution in [3.05, 3.63) is 29.8 Å². The van der Waals surface area contributed by atoms with Gasteiger partial charge in [-0.3, -0.25) is 19.2 Å². The molecule has 4 unspecified atom stereocenters. The summed E-state index contributed by atoms with van der Waals surface area (Å²) in [5.74, 6) is -3.95. The number of amides is 4. The number of unbranched alkanes of at least 4 members (excludes halogenated alkanes) is 1. The summed E-state index contributed by atoms with van der Waals surface area (Å²) in [6, 6.07) is 1.61. The minimum atomic E-state index is -1.22. The molecule has 0 aromatic heterocycles. The molecule has 0 fully saturated rings. The first-order chi connectivity index (χ1) is 18.3. The highest BCUT2D eigenvalue weighted by atomic mass is 16.4. The minimum Gasteiger partial charge on any atom is -0.508 e. The first kappa shape index (κ1) is 33.3. The Morgan fingerprint density at radius 2 is 1.41 bits per heavy atom. The summed E-state index contributed by atoms with van der Waals surface area (Å²) < 4.78 is 0. The number of carboxylic acids is 1. The molecule has 4 amide bonds. The second kappa shape index (κ2) is 17.0. The van der Waals surface area contributed by atoms with Crippen LogP contribution in [0.4, 0.5) is 0 Å². The Kier molecular flexibility index (Phi) is 14.5. The van der Waals surface area contributed by atoms with Gasteiger partial charge in [0.1, 0.15) is 23.9 Å². The summed E-state index contributed by atoms with van der Waals surface area (Å²) in [4.78, 5) is 62.0. The van der Waals surface area contributed by atoms with E-state index >= 15 is 0 Å². The predicted molar refractivity (Wildman–Crippen MR) is 144 cm³/mol. The number of benzene rings is 1. The Bertz CT molecular complexity index is 970. The zero-order valence-corrected chi connectivity index (χ0v) is 22.5. The van der Waals surface area contributed by atoms with E-state index in [-0.39, 0.29) is 43.8 Å². The average Bonchev–Trinajstić information content (AvgIpc) is 2.86. The quantitative estimate of drug-likeness (QED) is 0.107. The number of carbonyl (C=O) groups is 5. The molecule has 1 aromatic carbocycles. The van der Waals surface area contributed by atoms with Gasteiger partial charge in [-0.25, -0.2) is 4.79 Å². The summed E-state index contributed by atoms with van der Waals surface area (Å²) in [5.41, 5.74) is 17.4. The first-order valence-corrected chi connectivity index (χ1v) is 13.0. The molecule has 13 heteroatoms. The summed E-state index contributed by atoms with van der Waals surface area (Å²) >= 11 is 0. The van der Waals surface area contributed by atoms with E-state index in [4.69, 9.17) is 17.2 Å². The van der Waals surface area contributed by atoms with E-state index in [9.17, 15) is 34.2 Å². The van der Waals surface area contributed by atoms with E-state index in [1.807, 2.05) is 13.8 Å². The van der Waals surface area contributed by atoms with Crippen LogP contribution in [0, 0.1) is 5.92 Å². The lowest BCUT2D eigenvalue weighted by atomic mass is 10.0. The summed E-state index contributed by atoms with van der Waals surface area (Å²) in [5, 5.41) is 26.5. The van der Waals surface area contributed by atoms with E-state index < -0.39 is 53.8 Å². The van der Waals surface area contributed by atoms with Crippen LogP contribution in [0.1, 0.15) is 57.9 Å². The Morgan fingerprint density at radius 1 is 0.846 bits per heavy atom. The monoisotopic (exact) mass is 550 g/mol. The number of phenolic OH excluding ortho intramolecular Hbond substituents is 1. The van der Waals surface area contributed by atoms with Gasteiger partial charge in [0.25, 0.3) is 0 Å². The maximum Gasteiger partial charge on any atom is 0.326 e. The Morgan fingerprint density at radius 3 is 1.95 bits per heavy atom. The fraction of sp³-hybridized carbons (Fsp3) is 0.577. The fourth-order valence-corrected chi connectivity index (χ4v) is 3.81. The van der Waals surface area contributed by atoms with Gasteiger partial charge in [0, 0.05) is 6.42 Å². The number of rotatable bonds is 18. The van der Waals surface area contributed by atoms with Crippen LogP contribution in [-0.2, 0) is 30.4 Å². The molecule has 0 aliphatic carbocycles. The molecule has 1 rings (SSSR count). The lowest BCUT2D eigenvalue weighted by Gasteiger charge is -2.26. The number of aromatic hydroxyl groups is 1. The Balaban J connectivity index is 2.98. The third kappa shape index (κ3) is 13.1. The van der Waals surface area contributed by atoms with Crippen LogP contribution in [-0.4, -0.2) is 70.5 Å². The highest BCUT2D eigenvalue weighted by molar-refractivity contribution is 5.94. The van der Waals surface area contributed by atoms with Crippen molar-refractivity contribution in [3.8, 4) is 5.75 Å². The smallest absolute Gasteiger partial charge is 0.326 e. The highest BCUT2D eigenvalue weighted by Gasteiger charge is 2.31. The topological polar surface area (TPSA) is 240 Å². The number of primary amides is 1. The maximum atomic E-state index is 13.2. The molecule has 0 aliphatic heterocycles. The van der Waals surface area contributed by atoms with Gasteiger partial charge in [-0.2, -0.15) is 0 Å². The van der Waals surface area contributed by atoms with Gasteiger partial charge in [-0.05, 0) is 68.7 Å². The molecule has 0 heterocycles. The molecule has 13 nitrogen and oxygen atoms in total. The lowest BCUT2D eigenvalue weighted by molar-refractivity contribution is -0.142. The van der Waals surface area contributed by atoms with E-state index in [2.05, 4.69) is 16.0 Å². The van der Waals surface area contributed by atoms with E-state index in [1.54, 1.807) is 12.1 Å². The number of carboxylic acid groups (broad SMARTS) is 1. The minimum absolute atomic E-state index is 0.0426. The number of aliphatic carboxylic acids is 1. The van der Waals surface area contributed by atoms with Crippen molar-refractivity contribution in [3.63, 3.8) is 0 Å². The van der Waals surface area contributed by atoms with Gasteiger partial charge in [0.05, 0.1) is 6.04 Å². The molecule has 0 aliphatic rings. The number of hydrogen-bond acceptors (Lipinski definition) is 8. The van der Waals surface area contributed by atoms with Crippen molar-refractivity contribution in [1.29, 1.82) is 0 Å². The van der Waals surface area contributed by atoms with Crippen molar-refractivity contribution in [2.75, 3.05) is 6.54 Å². The first-order valence-electron chi connectivity index (χ1n) is 13.0. The SMILES string of the molecule is CC(C)CC(NC(=O)C(CCC(N)=O)NC(=O)C(N)Cc1ccc(O)cc1)C(=O)NC(CCCCN)C(=O)O. The Hall–Kier alpha value is -3.71. The van der Waals surface area contributed by atoms with Gasteiger partial charge in [-0.15, -0.1) is 0 Å². The summed E-state index contributed by atoms with van der Waals surface area (Å²) in [6.07, 6.45) is 1.25. The number of hydrogen-bond donors (Lipinski definition) is 8. The number of carbonyl (C=O) groups excluding carboxylic acids is 4. The third-order valence-electron chi connectivity index (χ3n) is 5.94. The Labute approximate surface area is 228 Å². The molecule has 11 N–H and O–H groups in total. The van der Waals surface area contributed by atoms with Crippen LogP contribution in [0.25, 0.3) is 0 Å². The van der Waals surface area contributed by atoms with Crippen LogP contribution in [0.5, 0.6) is 5.75 Å². The molecule has 0 saturated heterocycles. The van der Waals surface area contributed by atoms with Crippen molar-refractivity contribution < 1.29 is 34.2 Å². The lowest BCUT2D eigenvalue weighted by Crippen LogP contribution is -2.57. The second-order valence-electron chi connectivity index (χ2n) is 9.92. The maximum absolute atomic E-state index is 13.2. The van der Waals surface area contributed by atoms with Crippen molar-refractivity contribution >= 4 is 29.6 Å². The summed E-state index contributed by atoms with van der Waals surface area (Å²) in [7, 11) is 0. The zero-order valence-electron chi connectivity index (χ0n) is 22.5. The van der Waals surface area contributed by atoms with Crippen molar-refractivity contribution in [1.82, 2.24) is 16.0 Å². The molecule has 218 valence electrons. The number of phenols is 1. The van der Waals surface area contributed by atoms with Gasteiger partial charge in [-0.1, -0.05) is 26.0 Å². The molecular formula is C26H42N6O7. The van der Waals surface area contributed by atoms with Gasteiger partial charge >= 0.3 is 5.97 Å². The molecule has 39 heavy (non-hydrogen) atoms. The van der Waals surface area contributed by atoms with E-state index in [0.29, 0.717) is 24.9 Å². The zero-order chi connectivity index (χ0) is 29.5. The molecule has 0 saturated carbocycles. The fourth-order valence-electron chi connectivity index (χ4n) is 3.81. The second-order valence-corrected chi connectivity index (χ2v) is 9.92. The van der Waals surface area contributed by atoms with Crippen LogP contribution in [0.3, 0.4) is 0 Å². The highest BCUT2D eigenvalue weighted by Crippen LogP contribution is 2.12. The van der Waals surface area contributed by atoms with Crippen LogP contribution in [0.15, 0.2) is 24.3 Å². The summed E-state index contributed by atoms with van der Waals surface area (Å²) in [6.45, 7) is 4.05. The third-order valence-corrected chi connectivity index (χ3v) is 5.94. The normalized spacial score (nSPS) is 14.1. The molecule has 1 aromatic rings. The predicted octanol–water partition coefficient (Wildman–Crippen LogP) is -0.758. The van der Waals surface area contributed by atoms with Crippen molar-refractivity contribution in [2.45, 2.75) is 83.0 Å².